The summed E-state index contributed by atoms with van der Waals surface area (Å²) in [6, 6.07) is 1.95. The van der Waals surface area contributed by atoms with E-state index in [2.05, 4.69) is 0 Å². The SMILES string of the molecule is C[C@@H](O)[C@H](NC(=O)c1cccc(C(F)(F)F)c1)C(=O)O. The molecule has 20 heavy (non-hydrogen) atoms. The van der Waals surface area contributed by atoms with Gasteiger partial charge in [0.2, 0.25) is 0 Å². The molecule has 5 nitrogen and oxygen atoms in total. The zero-order chi connectivity index (χ0) is 15.5. The van der Waals surface area contributed by atoms with Gasteiger partial charge in [-0.3, -0.25) is 4.79 Å². The molecular weight excluding hydrogens is 279 g/mol. The highest BCUT2D eigenvalue weighted by atomic mass is 19.4. The molecule has 0 saturated carbocycles. The van der Waals surface area contributed by atoms with Crippen LogP contribution in [0, 0.1) is 0 Å². The number of aliphatic hydroxyl groups excluding tert-OH is 1. The molecule has 0 radical (unpaired) electrons. The molecule has 2 atom stereocenters. The quantitative estimate of drug-likeness (QED) is 0.779. The monoisotopic (exact) mass is 291 g/mol. The number of aliphatic carboxylic acids is 1. The maximum atomic E-state index is 12.5. The van der Waals surface area contributed by atoms with Crippen molar-refractivity contribution in [3.63, 3.8) is 0 Å². The van der Waals surface area contributed by atoms with E-state index in [4.69, 9.17) is 5.11 Å². The number of hydrogen-bond donors (Lipinski definition) is 3. The third kappa shape index (κ3) is 3.95. The normalized spacial score (nSPS) is 14.4. The van der Waals surface area contributed by atoms with Crippen molar-refractivity contribution in [1.29, 1.82) is 0 Å². The van der Waals surface area contributed by atoms with Gasteiger partial charge in [-0.25, -0.2) is 4.79 Å². The lowest BCUT2D eigenvalue weighted by Gasteiger charge is -2.17. The number of rotatable bonds is 4. The molecule has 1 aromatic rings. The number of carboxylic acids is 1. The van der Waals surface area contributed by atoms with Crippen molar-refractivity contribution in [1.82, 2.24) is 5.32 Å². The summed E-state index contributed by atoms with van der Waals surface area (Å²) in [5, 5.41) is 19.9. The van der Waals surface area contributed by atoms with E-state index in [1.54, 1.807) is 0 Å². The third-order valence-corrected chi connectivity index (χ3v) is 2.49. The van der Waals surface area contributed by atoms with Crippen LogP contribution >= 0.6 is 0 Å². The Morgan fingerprint density at radius 1 is 1.30 bits per heavy atom. The van der Waals surface area contributed by atoms with E-state index in [1.165, 1.54) is 0 Å². The van der Waals surface area contributed by atoms with Crippen LogP contribution in [0.25, 0.3) is 0 Å². The smallest absolute Gasteiger partial charge is 0.416 e. The molecule has 0 spiro atoms. The van der Waals surface area contributed by atoms with Gasteiger partial charge < -0.3 is 15.5 Å². The number of carbonyl (C=O) groups is 2. The Bertz CT molecular complexity index is 514. The Morgan fingerprint density at radius 2 is 1.90 bits per heavy atom. The van der Waals surface area contributed by atoms with Gasteiger partial charge in [-0.1, -0.05) is 6.07 Å². The Kier molecular flexibility index (Phi) is 4.72. The second-order valence-corrected chi connectivity index (χ2v) is 4.11. The van der Waals surface area contributed by atoms with Crippen LogP contribution in [0.4, 0.5) is 13.2 Å². The van der Waals surface area contributed by atoms with Gasteiger partial charge in [-0.05, 0) is 25.1 Å². The minimum absolute atomic E-state index is 0.341. The highest BCUT2D eigenvalue weighted by Gasteiger charge is 2.31. The summed E-state index contributed by atoms with van der Waals surface area (Å²) < 4.78 is 37.5. The molecule has 0 heterocycles. The standard InChI is InChI=1S/C12H12F3NO4/c1-6(17)9(11(19)20)16-10(18)7-3-2-4-8(5-7)12(13,14)15/h2-6,9,17H,1H3,(H,16,18)(H,19,20)/t6-,9+/m1/s1. The lowest BCUT2D eigenvalue weighted by Crippen LogP contribution is -2.47. The number of alkyl halides is 3. The first-order valence-corrected chi connectivity index (χ1v) is 5.52. The number of halogens is 3. The topological polar surface area (TPSA) is 86.6 Å². The fourth-order valence-corrected chi connectivity index (χ4v) is 1.45. The zero-order valence-electron chi connectivity index (χ0n) is 10.3. The summed E-state index contributed by atoms with van der Waals surface area (Å²) in [7, 11) is 0. The van der Waals surface area contributed by atoms with Crippen molar-refractivity contribution in [2.45, 2.75) is 25.2 Å². The highest BCUT2D eigenvalue weighted by molar-refractivity contribution is 5.96. The first kappa shape index (κ1) is 16.0. The van der Waals surface area contributed by atoms with Crippen LogP contribution in [0.1, 0.15) is 22.8 Å². The molecule has 110 valence electrons. The molecule has 0 bridgehead atoms. The van der Waals surface area contributed by atoms with Crippen molar-refractivity contribution in [2.24, 2.45) is 0 Å². The molecule has 0 fully saturated rings. The van der Waals surface area contributed by atoms with Gasteiger partial charge in [0, 0.05) is 5.56 Å². The summed E-state index contributed by atoms with van der Waals surface area (Å²) in [6.45, 7) is 1.14. The van der Waals surface area contributed by atoms with Crippen LogP contribution in [0.2, 0.25) is 0 Å². The molecular formula is C12H12F3NO4. The maximum absolute atomic E-state index is 12.5. The van der Waals surface area contributed by atoms with Gasteiger partial charge in [0.25, 0.3) is 5.91 Å². The maximum Gasteiger partial charge on any atom is 0.416 e. The van der Waals surface area contributed by atoms with Crippen LogP contribution in [-0.4, -0.2) is 34.2 Å². The molecule has 0 unspecified atom stereocenters. The molecule has 0 aromatic heterocycles. The van der Waals surface area contributed by atoms with Gasteiger partial charge in [0.15, 0.2) is 6.04 Å². The van der Waals surface area contributed by atoms with Crippen molar-refractivity contribution in [3.8, 4) is 0 Å². The molecule has 1 aromatic carbocycles. The minimum atomic E-state index is -4.60. The molecule has 0 aliphatic rings. The van der Waals surface area contributed by atoms with Crippen molar-refractivity contribution >= 4 is 11.9 Å². The summed E-state index contributed by atoms with van der Waals surface area (Å²) >= 11 is 0. The van der Waals surface area contributed by atoms with E-state index in [1.807, 2.05) is 5.32 Å². The van der Waals surface area contributed by atoms with Gasteiger partial charge >= 0.3 is 12.1 Å². The fraction of sp³-hybridized carbons (Fsp3) is 0.333. The molecule has 0 aliphatic heterocycles. The Hall–Kier alpha value is -2.09. The van der Waals surface area contributed by atoms with Gasteiger partial charge in [-0.2, -0.15) is 13.2 Å². The van der Waals surface area contributed by atoms with Crippen LogP contribution in [-0.2, 0) is 11.0 Å². The molecule has 1 amide bonds. The Balaban J connectivity index is 2.96. The summed E-state index contributed by atoms with van der Waals surface area (Å²) in [5.41, 5.74) is -1.36. The number of carbonyl (C=O) groups excluding carboxylic acids is 1. The van der Waals surface area contributed by atoms with E-state index in [-0.39, 0.29) is 5.56 Å². The minimum Gasteiger partial charge on any atom is -0.480 e. The van der Waals surface area contributed by atoms with Gasteiger partial charge in [0.05, 0.1) is 11.7 Å². The molecule has 3 N–H and O–H groups in total. The summed E-state index contributed by atoms with van der Waals surface area (Å²) in [5.74, 6) is -2.50. The lowest BCUT2D eigenvalue weighted by atomic mass is 10.1. The average molecular weight is 291 g/mol. The fourth-order valence-electron chi connectivity index (χ4n) is 1.45. The number of aliphatic hydroxyl groups is 1. The first-order chi connectivity index (χ1) is 9.12. The second kappa shape index (κ2) is 5.91. The number of hydrogen-bond acceptors (Lipinski definition) is 3. The molecule has 1 rings (SSSR count). The van der Waals surface area contributed by atoms with Crippen molar-refractivity contribution in [3.05, 3.63) is 35.4 Å². The van der Waals surface area contributed by atoms with Gasteiger partial charge in [0.1, 0.15) is 0 Å². The van der Waals surface area contributed by atoms with Crippen molar-refractivity contribution < 1.29 is 33.0 Å². The molecule has 0 saturated heterocycles. The van der Waals surface area contributed by atoms with Crippen LogP contribution in [0.5, 0.6) is 0 Å². The summed E-state index contributed by atoms with van der Waals surface area (Å²) in [6.07, 6.45) is -5.99. The molecule has 8 heteroatoms. The highest BCUT2D eigenvalue weighted by Crippen LogP contribution is 2.29. The van der Waals surface area contributed by atoms with E-state index in [0.29, 0.717) is 6.07 Å². The molecule has 0 aliphatic carbocycles. The second-order valence-electron chi connectivity index (χ2n) is 4.11. The van der Waals surface area contributed by atoms with Crippen LogP contribution in [0.15, 0.2) is 24.3 Å². The van der Waals surface area contributed by atoms with E-state index >= 15 is 0 Å². The third-order valence-electron chi connectivity index (χ3n) is 2.49. The summed E-state index contributed by atoms with van der Waals surface area (Å²) in [4.78, 5) is 22.5. The van der Waals surface area contributed by atoms with E-state index in [9.17, 15) is 27.9 Å². The van der Waals surface area contributed by atoms with E-state index < -0.39 is 35.8 Å². The van der Waals surface area contributed by atoms with Crippen LogP contribution in [0.3, 0.4) is 0 Å². The predicted octanol–water partition coefficient (Wildman–Crippen LogP) is 1.27. The van der Waals surface area contributed by atoms with E-state index in [0.717, 1.165) is 25.1 Å². The number of benzene rings is 1. The number of nitrogens with one attached hydrogen (secondary N) is 1. The van der Waals surface area contributed by atoms with Crippen LogP contribution < -0.4 is 5.32 Å². The predicted molar refractivity (Wildman–Crippen MR) is 62.0 cm³/mol. The van der Waals surface area contributed by atoms with Crippen molar-refractivity contribution in [2.75, 3.05) is 0 Å². The van der Waals surface area contributed by atoms with Gasteiger partial charge in [-0.15, -0.1) is 0 Å². The lowest BCUT2D eigenvalue weighted by molar-refractivity contribution is -0.142. The Morgan fingerprint density at radius 3 is 2.35 bits per heavy atom. The number of amides is 1. The first-order valence-electron chi connectivity index (χ1n) is 5.52. The Labute approximate surface area is 112 Å². The zero-order valence-corrected chi connectivity index (χ0v) is 10.3. The number of carboxylic acid groups (broad SMARTS) is 1. The largest absolute Gasteiger partial charge is 0.480 e. The average Bonchev–Trinajstić information content (AvgIpc) is 2.34.